The normalized spacial score (nSPS) is 20.1. The van der Waals surface area contributed by atoms with E-state index in [-0.39, 0.29) is 5.91 Å². The molecule has 0 saturated carbocycles. The number of carbonyl (C=O) groups excluding carboxylic acids is 1. The van der Waals surface area contributed by atoms with Crippen molar-refractivity contribution in [2.75, 3.05) is 23.8 Å². The third kappa shape index (κ3) is 4.61. The Morgan fingerprint density at radius 1 is 1.23 bits per heavy atom. The van der Waals surface area contributed by atoms with Gasteiger partial charge >= 0.3 is 6.18 Å². The summed E-state index contributed by atoms with van der Waals surface area (Å²) in [5, 5.41) is 12.9. The molecule has 1 unspecified atom stereocenters. The van der Waals surface area contributed by atoms with Crippen molar-refractivity contribution in [2.45, 2.75) is 44.4 Å². The number of amides is 1. The Bertz CT molecular complexity index is 1030. The molecule has 0 spiro atoms. The van der Waals surface area contributed by atoms with Crippen molar-refractivity contribution >= 4 is 22.9 Å². The highest BCUT2D eigenvalue weighted by molar-refractivity contribution is 6.05. The molecule has 1 amide bonds. The van der Waals surface area contributed by atoms with Gasteiger partial charge in [-0.2, -0.15) is 13.2 Å². The van der Waals surface area contributed by atoms with E-state index in [0.29, 0.717) is 42.7 Å². The summed E-state index contributed by atoms with van der Waals surface area (Å²) < 4.78 is 39.6. The highest BCUT2D eigenvalue weighted by atomic mass is 19.4. The number of halogens is 3. The molecular formula is C24H25F3N2O2. The van der Waals surface area contributed by atoms with Gasteiger partial charge in [-0.1, -0.05) is 18.2 Å². The van der Waals surface area contributed by atoms with Gasteiger partial charge in [-0.05, 0) is 60.6 Å². The number of anilines is 2. The second-order valence-electron chi connectivity index (χ2n) is 8.25. The van der Waals surface area contributed by atoms with E-state index in [2.05, 4.69) is 5.32 Å². The summed E-state index contributed by atoms with van der Waals surface area (Å²) in [5.74, 6) is -0.320. The van der Waals surface area contributed by atoms with Crippen LogP contribution < -0.4 is 10.2 Å². The molecule has 0 bridgehead atoms. The van der Waals surface area contributed by atoms with Crippen molar-refractivity contribution in [2.24, 2.45) is 0 Å². The zero-order valence-electron chi connectivity index (χ0n) is 17.3. The summed E-state index contributed by atoms with van der Waals surface area (Å²) in [6.45, 7) is 0.608. The number of carbonyl (C=O) groups is 1. The number of benzene rings is 2. The molecule has 0 aromatic heterocycles. The molecule has 1 aliphatic heterocycles. The highest BCUT2D eigenvalue weighted by Crippen LogP contribution is 2.38. The number of fused-ring (bicyclic) bond motifs is 2. The van der Waals surface area contributed by atoms with Crippen LogP contribution in [-0.4, -0.2) is 30.7 Å². The standard InChI is InChI=1S/C24H25F3N2O2/c1-29-11-3-5-16(19-10-8-17(13-22(19)29)24(25,26)27)12-23(31)28-21-6-2-4-15-7-9-18(30)14-20(15)21/h2,4,6,8,10,12-13,18,30H,3,5,7,9,11,14H2,1H3,(H,28,31). The van der Waals surface area contributed by atoms with Crippen LogP contribution in [0.4, 0.5) is 24.5 Å². The highest BCUT2D eigenvalue weighted by Gasteiger charge is 2.32. The number of allylic oxidation sites excluding steroid dienone is 1. The number of aliphatic hydroxyl groups excluding tert-OH is 1. The van der Waals surface area contributed by atoms with E-state index < -0.39 is 17.8 Å². The van der Waals surface area contributed by atoms with Gasteiger partial charge in [0.1, 0.15) is 0 Å². The molecule has 0 fully saturated rings. The Morgan fingerprint density at radius 2 is 2.03 bits per heavy atom. The number of hydrogen-bond donors (Lipinski definition) is 2. The summed E-state index contributed by atoms with van der Waals surface area (Å²) in [6.07, 6.45) is -0.0434. The van der Waals surface area contributed by atoms with Gasteiger partial charge in [-0.3, -0.25) is 4.79 Å². The van der Waals surface area contributed by atoms with Crippen LogP contribution in [0.3, 0.4) is 0 Å². The SMILES string of the molecule is CN1CCCC(=CC(=O)Nc2cccc3c2CC(O)CC3)c2ccc(C(F)(F)F)cc21. The molecule has 4 nitrogen and oxygen atoms in total. The van der Waals surface area contributed by atoms with E-state index >= 15 is 0 Å². The topological polar surface area (TPSA) is 52.6 Å². The van der Waals surface area contributed by atoms with E-state index in [4.69, 9.17) is 0 Å². The Hall–Kier alpha value is -2.80. The molecule has 164 valence electrons. The van der Waals surface area contributed by atoms with E-state index in [1.807, 2.05) is 18.2 Å². The number of aliphatic hydroxyl groups is 1. The van der Waals surface area contributed by atoms with Crippen molar-refractivity contribution < 1.29 is 23.1 Å². The number of nitrogens with one attached hydrogen (secondary N) is 1. The summed E-state index contributed by atoms with van der Waals surface area (Å²) in [5.41, 5.74) is 3.89. The fraction of sp³-hybridized carbons (Fsp3) is 0.375. The molecule has 0 saturated heterocycles. The van der Waals surface area contributed by atoms with Gasteiger partial charge in [0.2, 0.25) is 5.91 Å². The maximum absolute atomic E-state index is 13.2. The second-order valence-corrected chi connectivity index (χ2v) is 8.25. The molecule has 4 rings (SSSR count). The van der Waals surface area contributed by atoms with Crippen molar-refractivity contribution in [1.82, 2.24) is 0 Å². The number of aryl methyl sites for hydroxylation is 1. The van der Waals surface area contributed by atoms with Gasteiger partial charge in [0.25, 0.3) is 0 Å². The molecule has 1 aliphatic carbocycles. The molecule has 31 heavy (non-hydrogen) atoms. The molecule has 0 radical (unpaired) electrons. The maximum Gasteiger partial charge on any atom is 0.416 e. The lowest BCUT2D eigenvalue weighted by Gasteiger charge is -2.23. The van der Waals surface area contributed by atoms with Crippen LogP contribution in [0.5, 0.6) is 0 Å². The first-order valence-corrected chi connectivity index (χ1v) is 10.5. The number of hydrogen-bond acceptors (Lipinski definition) is 3. The number of nitrogens with zero attached hydrogens (tertiary/aromatic N) is 1. The minimum absolute atomic E-state index is 0.320. The van der Waals surface area contributed by atoms with Gasteiger partial charge < -0.3 is 15.3 Å². The number of rotatable bonds is 2. The van der Waals surface area contributed by atoms with Crippen LogP contribution >= 0.6 is 0 Å². The van der Waals surface area contributed by atoms with E-state index in [9.17, 15) is 23.1 Å². The van der Waals surface area contributed by atoms with Gasteiger partial charge in [0.15, 0.2) is 0 Å². The Labute approximate surface area is 179 Å². The molecular weight excluding hydrogens is 405 g/mol. The molecule has 2 aromatic carbocycles. The zero-order chi connectivity index (χ0) is 22.2. The van der Waals surface area contributed by atoms with Gasteiger partial charge in [0.05, 0.1) is 11.7 Å². The molecule has 2 N–H and O–H groups in total. The lowest BCUT2D eigenvalue weighted by atomic mass is 9.88. The molecule has 2 aliphatic rings. The van der Waals surface area contributed by atoms with E-state index in [1.165, 1.54) is 12.1 Å². The van der Waals surface area contributed by atoms with E-state index in [0.717, 1.165) is 41.7 Å². The first-order valence-electron chi connectivity index (χ1n) is 10.5. The quantitative estimate of drug-likeness (QED) is 0.673. The molecule has 1 heterocycles. The lowest BCUT2D eigenvalue weighted by Crippen LogP contribution is -2.21. The summed E-state index contributed by atoms with van der Waals surface area (Å²) in [7, 11) is 1.77. The summed E-state index contributed by atoms with van der Waals surface area (Å²) >= 11 is 0. The molecule has 7 heteroatoms. The van der Waals surface area contributed by atoms with Crippen LogP contribution in [0.1, 0.15) is 41.5 Å². The Morgan fingerprint density at radius 3 is 2.81 bits per heavy atom. The third-order valence-corrected chi connectivity index (χ3v) is 6.04. The fourth-order valence-corrected chi connectivity index (χ4v) is 4.42. The fourth-order valence-electron chi connectivity index (χ4n) is 4.42. The monoisotopic (exact) mass is 430 g/mol. The van der Waals surface area contributed by atoms with Gasteiger partial charge in [0, 0.05) is 43.0 Å². The van der Waals surface area contributed by atoms with Crippen LogP contribution in [0.15, 0.2) is 42.5 Å². The Kier molecular flexibility index (Phi) is 5.79. The van der Waals surface area contributed by atoms with Crippen molar-refractivity contribution in [3.8, 4) is 0 Å². The smallest absolute Gasteiger partial charge is 0.393 e. The van der Waals surface area contributed by atoms with Crippen LogP contribution in [0.25, 0.3) is 5.57 Å². The first-order chi connectivity index (χ1) is 14.7. The first kappa shape index (κ1) is 21.4. The minimum atomic E-state index is -4.42. The van der Waals surface area contributed by atoms with Crippen LogP contribution in [0, 0.1) is 0 Å². The average Bonchev–Trinajstić information content (AvgIpc) is 2.86. The Balaban J connectivity index is 1.64. The maximum atomic E-state index is 13.2. The largest absolute Gasteiger partial charge is 0.416 e. The van der Waals surface area contributed by atoms with Crippen molar-refractivity contribution in [3.63, 3.8) is 0 Å². The summed E-state index contributed by atoms with van der Waals surface area (Å²) in [6, 6.07) is 9.39. The minimum Gasteiger partial charge on any atom is -0.393 e. The van der Waals surface area contributed by atoms with Crippen molar-refractivity contribution in [3.05, 3.63) is 64.7 Å². The number of alkyl halides is 3. The van der Waals surface area contributed by atoms with Gasteiger partial charge in [-0.25, -0.2) is 0 Å². The summed E-state index contributed by atoms with van der Waals surface area (Å²) in [4.78, 5) is 14.6. The average molecular weight is 430 g/mol. The van der Waals surface area contributed by atoms with E-state index in [1.54, 1.807) is 11.9 Å². The zero-order valence-corrected chi connectivity index (χ0v) is 17.3. The predicted octanol–water partition coefficient (Wildman–Crippen LogP) is 4.81. The molecule has 1 atom stereocenters. The second kappa shape index (κ2) is 8.38. The lowest BCUT2D eigenvalue weighted by molar-refractivity contribution is -0.137. The van der Waals surface area contributed by atoms with Gasteiger partial charge in [-0.15, -0.1) is 0 Å². The molecule has 2 aromatic rings. The predicted molar refractivity (Wildman–Crippen MR) is 115 cm³/mol. The van der Waals surface area contributed by atoms with Crippen LogP contribution in [0.2, 0.25) is 0 Å². The third-order valence-electron chi connectivity index (χ3n) is 6.04. The van der Waals surface area contributed by atoms with Crippen molar-refractivity contribution in [1.29, 1.82) is 0 Å². The van der Waals surface area contributed by atoms with Crippen LogP contribution in [-0.2, 0) is 23.8 Å².